The Hall–Kier alpha value is -1.29. The number of rotatable bonds is 4. The molecule has 0 amide bonds. The summed E-state index contributed by atoms with van der Waals surface area (Å²) < 4.78 is 5.75. The van der Waals surface area contributed by atoms with Crippen LogP contribution in [0.25, 0.3) is 0 Å². The van der Waals surface area contributed by atoms with Gasteiger partial charge in [-0.15, -0.1) is 0 Å². The van der Waals surface area contributed by atoms with E-state index in [0.717, 1.165) is 11.3 Å². The third kappa shape index (κ3) is 4.65. The summed E-state index contributed by atoms with van der Waals surface area (Å²) in [4.78, 5) is 10.5. The van der Waals surface area contributed by atoms with E-state index in [1.54, 1.807) is 12.1 Å². The van der Waals surface area contributed by atoms with E-state index in [1.807, 2.05) is 12.1 Å². The van der Waals surface area contributed by atoms with E-state index in [4.69, 9.17) is 9.53 Å². The Morgan fingerprint density at radius 2 is 1.80 bits per heavy atom. The minimum atomic E-state index is -1.56. The first-order valence-electron chi connectivity index (χ1n) is 4.86. The molecule has 0 saturated carbocycles. The van der Waals surface area contributed by atoms with E-state index in [2.05, 4.69) is 19.6 Å². The van der Waals surface area contributed by atoms with Gasteiger partial charge in [-0.25, -0.2) is 0 Å². The number of hydrogen-bond donors (Lipinski definition) is 1. The Labute approximate surface area is 90.8 Å². The number of carbonyl (C=O) groups is 1. The maximum atomic E-state index is 10.5. The molecule has 0 aromatic heterocycles. The highest BCUT2D eigenvalue weighted by atomic mass is 28.4. The smallest absolute Gasteiger partial charge is 0.307 e. The van der Waals surface area contributed by atoms with Gasteiger partial charge in [0.05, 0.1) is 6.42 Å². The third-order valence-corrected chi connectivity index (χ3v) is 2.55. The first-order valence-corrected chi connectivity index (χ1v) is 8.27. The molecular weight excluding hydrogens is 208 g/mol. The number of carboxylic acids is 1. The van der Waals surface area contributed by atoms with Crippen molar-refractivity contribution in [2.75, 3.05) is 0 Å². The average Bonchev–Trinajstić information content (AvgIpc) is 2.05. The second-order valence-corrected chi connectivity index (χ2v) is 8.86. The molecule has 1 aromatic carbocycles. The zero-order chi connectivity index (χ0) is 11.5. The molecule has 1 aromatic rings. The molecule has 15 heavy (non-hydrogen) atoms. The van der Waals surface area contributed by atoms with E-state index in [9.17, 15) is 4.79 Å². The van der Waals surface area contributed by atoms with Gasteiger partial charge in [0.2, 0.25) is 8.32 Å². The van der Waals surface area contributed by atoms with Crippen LogP contribution >= 0.6 is 0 Å². The van der Waals surface area contributed by atoms with Gasteiger partial charge in [-0.3, -0.25) is 4.79 Å². The van der Waals surface area contributed by atoms with Crippen LogP contribution in [0.1, 0.15) is 5.56 Å². The van der Waals surface area contributed by atoms with Crippen molar-refractivity contribution in [3.8, 4) is 5.75 Å². The molecule has 0 fully saturated rings. The Morgan fingerprint density at radius 3 is 2.20 bits per heavy atom. The summed E-state index contributed by atoms with van der Waals surface area (Å²) in [7, 11) is -1.56. The first-order chi connectivity index (χ1) is 6.87. The lowest BCUT2D eigenvalue weighted by molar-refractivity contribution is -0.136. The molecule has 3 nitrogen and oxygen atoms in total. The lowest BCUT2D eigenvalue weighted by Crippen LogP contribution is -2.29. The monoisotopic (exact) mass is 224 g/mol. The van der Waals surface area contributed by atoms with Gasteiger partial charge in [-0.1, -0.05) is 12.1 Å². The van der Waals surface area contributed by atoms with Crippen molar-refractivity contribution in [1.82, 2.24) is 0 Å². The predicted molar refractivity (Wildman–Crippen MR) is 61.8 cm³/mol. The minimum Gasteiger partial charge on any atom is -0.544 e. The molecule has 0 spiro atoms. The van der Waals surface area contributed by atoms with Crippen LogP contribution in [0.2, 0.25) is 19.6 Å². The Balaban J connectivity index is 2.68. The van der Waals surface area contributed by atoms with Crippen molar-refractivity contribution in [1.29, 1.82) is 0 Å². The van der Waals surface area contributed by atoms with Crippen molar-refractivity contribution in [3.63, 3.8) is 0 Å². The van der Waals surface area contributed by atoms with Gasteiger partial charge in [0.1, 0.15) is 5.75 Å². The lowest BCUT2D eigenvalue weighted by Gasteiger charge is -2.19. The second-order valence-electron chi connectivity index (χ2n) is 4.43. The van der Waals surface area contributed by atoms with Crippen molar-refractivity contribution < 1.29 is 14.3 Å². The molecule has 4 heteroatoms. The van der Waals surface area contributed by atoms with Gasteiger partial charge >= 0.3 is 5.97 Å². The molecule has 0 aliphatic carbocycles. The highest BCUT2D eigenvalue weighted by Gasteiger charge is 2.15. The quantitative estimate of drug-likeness (QED) is 0.799. The summed E-state index contributed by atoms with van der Waals surface area (Å²) in [6, 6.07) is 7.25. The standard InChI is InChI=1S/C11H16O3Si/c1-15(2,3)14-10-6-4-9(5-7-10)8-11(12)13/h4-7H,8H2,1-3H3,(H,12,13). The van der Waals surface area contributed by atoms with Crippen LogP contribution in [-0.2, 0) is 11.2 Å². The van der Waals surface area contributed by atoms with Crippen LogP contribution in [0.4, 0.5) is 0 Å². The molecule has 0 unspecified atom stereocenters. The van der Waals surface area contributed by atoms with Gasteiger partial charge < -0.3 is 9.53 Å². The van der Waals surface area contributed by atoms with Gasteiger partial charge in [0, 0.05) is 0 Å². The average molecular weight is 224 g/mol. The third-order valence-electron chi connectivity index (χ3n) is 1.70. The summed E-state index contributed by atoms with van der Waals surface area (Å²) >= 11 is 0. The van der Waals surface area contributed by atoms with E-state index in [0.29, 0.717) is 0 Å². The van der Waals surface area contributed by atoms with E-state index in [-0.39, 0.29) is 6.42 Å². The Morgan fingerprint density at radius 1 is 1.27 bits per heavy atom. The van der Waals surface area contributed by atoms with Crippen LogP contribution < -0.4 is 4.43 Å². The highest BCUT2D eigenvalue weighted by molar-refractivity contribution is 6.70. The minimum absolute atomic E-state index is 0.0627. The topological polar surface area (TPSA) is 46.5 Å². The molecule has 0 saturated heterocycles. The summed E-state index contributed by atoms with van der Waals surface area (Å²) in [6.07, 6.45) is 0.0627. The first kappa shape index (κ1) is 11.8. The molecule has 1 rings (SSSR count). The maximum Gasteiger partial charge on any atom is 0.307 e. The fourth-order valence-corrected chi connectivity index (χ4v) is 2.05. The molecule has 0 bridgehead atoms. The van der Waals surface area contributed by atoms with Crippen molar-refractivity contribution >= 4 is 14.3 Å². The zero-order valence-corrected chi connectivity index (χ0v) is 10.3. The zero-order valence-electron chi connectivity index (χ0n) is 9.28. The number of carboxylic acid groups (broad SMARTS) is 1. The maximum absolute atomic E-state index is 10.5. The van der Waals surface area contributed by atoms with Gasteiger partial charge in [-0.05, 0) is 37.3 Å². The Bertz CT molecular complexity index is 338. The van der Waals surface area contributed by atoms with Crippen LogP contribution in [0.15, 0.2) is 24.3 Å². The molecular formula is C11H16O3Si. The molecule has 0 heterocycles. The number of benzene rings is 1. The number of hydrogen-bond acceptors (Lipinski definition) is 2. The summed E-state index contributed by atoms with van der Waals surface area (Å²) in [6.45, 7) is 6.33. The molecule has 0 aliphatic heterocycles. The largest absolute Gasteiger partial charge is 0.544 e. The summed E-state index contributed by atoms with van der Waals surface area (Å²) in [5.74, 6) is 0.0113. The van der Waals surface area contributed by atoms with Crippen LogP contribution in [-0.4, -0.2) is 19.4 Å². The fourth-order valence-electron chi connectivity index (χ4n) is 1.20. The Kier molecular flexibility index (Phi) is 3.52. The van der Waals surface area contributed by atoms with Crippen molar-refractivity contribution in [3.05, 3.63) is 29.8 Å². The van der Waals surface area contributed by atoms with E-state index in [1.165, 1.54) is 0 Å². The van der Waals surface area contributed by atoms with E-state index < -0.39 is 14.3 Å². The predicted octanol–water partition coefficient (Wildman–Crippen LogP) is 2.53. The molecule has 0 atom stereocenters. The molecule has 0 radical (unpaired) electrons. The van der Waals surface area contributed by atoms with Crippen molar-refractivity contribution in [2.45, 2.75) is 26.1 Å². The summed E-state index contributed by atoms with van der Waals surface area (Å²) in [5.41, 5.74) is 0.797. The normalized spacial score (nSPS) is 11.1. The fraction of sp³-hybridized carbons (Fsp3) is 0.364. The van der Waals surface area contributed by atoms with Crippen LogP contribution in [0.3, 0.4) is 0 Å². The second kappa shape index (κ2) is 4.48. The lowest BCUT2D eigenvalue weighted by atomic mass is 10.1. The summed E-state index contributed by atoms with van der Waals surface area (Å²) in [5, 5.41) is 8.60. The SMILES string of the molecule is C[Si](C)(C)Oc1ccc(CC(=O)O)cc1. The molecule has 1 N–H and O–H groups in total. The highest BCUT2D eigenvalue weighted by Crippen LogP contribution is 2.16. The van der Waals surface area contributed by atoms with E-state index >= 15 is 0 Å². The van der Waals surface area contributed by atoms with Crippen LogP contribution in [0.5, 0.6) is 5.75 Å². The molecule has 82 valence electrons. The van der Waals surface area contributed by atoms with Gasteiger partial charge in [0.15, 0.2) is 0 Å². The molecule has 0 aliphatic rings. The van der Waals surface area contributed by atoms with Gasteiger partial charge in [-0.2, -0.15) is 0 Å². The van der Waals surface area contributed by atoms with Crippen molar-refractivity contribution in [2.24, 2.45) is 0 Å². The van der Waals surface area contributed by atoms with Crippen LogP contribution in [0, 0.1) is 0 Å². The number of aliphatic carboxylic acids is 1. The van der Waals surface area contributed by atoms with Gasteiger partial charge in [0.25, 0.3) is 0 Å².